The van der Waals surface area contributed by atoms with E-state index in [-0.39, 0.29) is 24.1 Å². The third-order valence-electron chi connectivity index (χ3n) is 4.34. The number of carbonyl (C=O) groups excluding carboxylic acids is 2. The summed E-state index contributed by atoms with van der Waals surface area (Å²) in [5.41, 5.74) is 2.24. The number of nitrogens with zero attached hydrogens (tertiary/aromatic N) is 2. The second-order valence-electron chi connectivity index (χ2n) is 6.80. The highest BCUT2D eigenvalue weighted by Crippen LogP contribution is 2.21. The van der Waals surface area contributed by atoms with Crippen LogP contribution in [0.3, 0.4) is 0 Å². The highest BCUT2D eigenvalue weighted by molar-refractivity contribution is 5.93. The van der Waals surface area contributed by atoms with Crippen LogP contribution in [0.15, 0.2) is 59.1 Å². The maximum absolute atomic E-state index is 13.0. The Hall–Kier alpha value is -3.48. The molecule has 3 aromatic rings. The summed E-state index contributed by atoms with van der Waals surface area (Å²) >= 11 is 0. The molecule has 6 nitrogen and oxygen atoms in total. The van der Waals surface area contributed by atoms with Crippen molar-refractivity contribution in [3.05, 3.63) is 77.6 Å². The summed E-state index contributed by atoms with van der Waals surface area (Å²) in [4.78, 5) is 29.6. The normalized spacial score (nSPS) is 10.6. The third kappa shape index (κ3) is 5.51. The van der Waals surface area contributed by atoms with Gasteiger partial charge in [-0.25, -0.2) is 9.37 Å². The zero-order chi connectivity index (χ0) is 20.8. The standard InChI is InChI=1S/C22H22FN3O3/c1-26(2)22(28)17-5-3-15(4-6-17)13-24-20(27)11-12-21-25-14-19(29-21)16-7-9-18(23)10-8-16/h3-10,14H,11-13H2,1-2H3,(H,24,27). The molecule has 29 heavy (non-hydrogen) atoms. The molecule has 2 aromatic carbocycles. The van der Waals surface area contributed by atoms with E-state index in [1.165, 1.54) is 17.0 Å². The Labute approximate surface area is 168 Å². The number of hydrogen-bond acceptors (Lipinski definition) is 4. The number of nitrogens with one attached hydrogen (secondary N) is 1. The van der Waals surface area contributed by atoms with Crippen molar-refractivity contribution in [2.45, 2.75) is 19.4 Å². The second-order valence-corrected chi connectivity index (χ2v) is 6.80. The summed E-state index contributed by atoms with van der Waals surface area (Å²) < 4.78 is 18.6. The first-order valence-electron chi connectivity index (χ1n) is 9.20. The number of aryl methyl sites for hydroxylation is 1. The van der Waals surface area contributed by atoms with Crippen LogP contribution in [0, 0.1) is 5.82 Å². The van der Waals surface area contributed by atoms with Crippen LogP contribution < -0.4 is 5.32 Å². The lowest BCUT2D eigenvalue weighted by atomic mass is 10.1. The predicted molar refractivity (Wildman–Crippen MR) is 107 cm³/mol. The molecular weight excluding hydrogens is 373 g/mol. The molecule has 7 heteroatoms. The van der Waals surface area contributed by atoms with Crippen LogP contribution in [0.5, 0.6) is 0 Å². The minimum Gasteiger partial charge on any atom is -0.441 e. The van der Waals surface area contributed by atoms with Crippen molar-refractivity contribution < 1.29 is 18.4 Å². The van der Waals surface area contributed by atoms with Gasteiger partial charge in [-0.3, -0.25) is 9.59 Å². The van der Waals surface area contributed by atoms with E-state index in [0.29, 0.717) is 30.2 Å². The van der Waals surface area contributed by atoms with Crippen molar-refractivity contribution >= 4 is 11.8 Å². The van der Waals surface area contributed by atoms with Crippen molar-refractivity contribution in [2.75, 3.05) is 14.1 Å². The number of amides is 2. The van der Waals surface area contributed by atoms with E-state index in [1.807, 2.05) is 12.1 Å². The fraction of sp³-hybridized carbons (Fsp3) is 0.227. The molecule has 2 amide bonds. The van der Waals surface area contributed by atoms with Crippen LogP contribution in [0.4, 0.5) is 4.39 Å². The van der Waals surface area contributed by atoms with Crippen LogP contribution in [0.25, 0.3) is 11.3 Å². The molecule has 0 saturated carbocycles. The monoisotopic (exact) mass is 395 g/mol. The summed E-state index contributed by atoms with van der Waals surface area (Å²) in [6, 6.07) is 13.1. The molecule has 1 N–H and O–H groups in total. The molecule has 150 valence electrons. The molecule has 1 aromatic heterocycles. The van der Waals surface area contributed by atoms with Gasteiger partial charge >= 0.3 is 0 Å². The first kappa shape index (κ1) is 20.3. The maximum Gasteiger partial charge on any atom is 0.253 e. The van der Waals surface area contributed by atoms with Crippen LogP contribution in [0.1, 0.15) is 28.2 Å². The number of carbonyl (C=O) groups is 2. The van der Waals surface area contributed by atoms with E-state index >= 15 is 0 Å². The highest BCUT2D eigenvalue weighted by atomic mass is 19.1. The van der Waals surface area contributed by atoms with E-state index in [2.05, 4.69) is 10.3 Å². The molecule has 0 saturated heterocycles. The van der Waals surface area contributed by atoms with Crippen LogP contribution in [0.2, 0.25) is 0 Å². The van der Waals surface area contributed by atoms with Crippen molar-refractivity contribution in [1.29, 1.82) is 0 Å². The fourth-order valence-electron chi connectivity index (χ4n) is 2.71. The number of halogens is 1. The van der Waals surface area contributed by atoms with Crippen LogP contribution >= 0.6 is 0 Å². The van der Waals surface area contributed by atoms with Gasteiger partial charge in [0.2, 0.25) is 5.91 Å². The Morgan fingerprint density at radius 1 is 1.07 bits per heavy atom. The van der Waals surface area contributed by atoms with E-state index in [9.17, 15) is 14.0 Å². The Morgan fingerprint density at radius 2 is 1.76 bits per heavy atom. The quantitative estimate of drug-likeness (QED) is 0.665. The Balaban J connectivity index is 1.47. The molecule has 0 fully saturated rings. The zero-order valence-electron chi connectivity index (χ0n) is 16.3. The summed E-state index contributed by atoms with van der Waals surface area (Å²) in [7, 11) is 3.40. The molecular formula is C22H22FN3O3. The summed E-state index contributed by atoms with van der Waals surface area (Å²) in [6.07, 6.45) is 2.17. The van der Waals surface area contributed by atoms with E-state index in [0.717, 1.165) is 11.1 Å². The van der Waals surface area contributed by atoms with Crippen LogP contribution in [-0.4, -0.2) is 35.8 Å². The lowest BCUT2D eigenvalue weighted by molar-refractivity contribution is -0.121. The lowest BCUT2D eigenvalue weighted by Gasteiger charge is -2.10. The van der Waals surface area contributed by atoms with E-state index in [4.69, 9.17) is 4.42 Å². The minimum absolute atomic E-state index is 0.0634. The number of hydrogen-bond donors (Lipinski definition) is 1. The number of oxazole rings is 1. The van der Waals surface area contributed by atoms with Gasteiger partial charge in [0.05, 0.1) is 6.20 Å². The SMILES string of the molecule is CN(C)C(=O)c1ccc(CNC(=O)CCc2ncc(-c3ccc(F)cc3)o2)cc1. The van der Waals surface area contributed by atoms with E-state index in [1.54, 1.807) is 44.6 Å². The average Bonchev–Trinajstić information content (AvgIpc) is 3.20. The van der Waals surface area contributed by atoms with Gasteiger partial charge in [-0.05, 0) is 42.0 Å². The van der Waals surface area contributed by atoms with Crippen molar-refractivity contribution in [3.63, 3.8) is 0 Å². The second kappa shape index (κ2) is 9.14. The predicted octanol–water partition coefficient (Wildman–Crippen LogP) is 3.43. The molecule has 0 unspecified atom stereocenters. The van der Waals surface area contributed by atoms with Crippen molar-refractivity contribution in [1.82, 2.24) is 15.2 Å². The first-order valence-corrected chi connectivity index (χ1v) is 9.20. The molecule has 0 aliphatic carbocycles. The van der Waals surface area contributed by atoms with Gasteiger partial charge in [-0.15, -0.1) is 0 Å². The molecule has 0 aliphatic heterocycles. The molecule has 0 spiro atoms. The third-order valence-corrected chi connectivity index (χ3v) is 4.34. The molecule has 3 rings (SSSR count). The van der Waals surface area contributed by atoms with Crippen molar-refractivity contribution in [3.8, 4) is 11.3 Å². The zero-order valence-corrected chi connectivity index (χ0v) is 16.3. The van der Waals surface area contributed by atoms with Gasteiger partial charge in [0.15, 0.2) is 11.7 Å². The van der Waals surface area contributed by atoms with E-state index < -0.39 is 0 Å². The molecule has 0 radical (unpaired) electrons. The van der Waals surface area contributed by atoms with Gasteiger partial charge in [0.1, 0.15) is 5.82 Å². The lowest BCUT2D eigenvalue weighted by Crippen LogP contribution is -2.23. The molecule has 0 atom stereocenters. The van der Waals surface area contributed by atoms with Gasteiger partial charge in [-0.2, -0.15) is 0 Å². The Kier molecular flexibility index (Phi) is 6.39. The van der Waals surface area contributed by atoms with Crippen molar-refractivity contribution in [2.24, 2.45) is 0 Å². The largest absolute Gasteiger partial charge is 0.441 e. The number of aromatic nitrogens is 1. The van der Waals surface area contributed by atoms with Gasteiger partial charge in [0, 0.05) is 44.6 Å². The smallest absolute Gasteiger partial charge is 0.253 e. The van der Waals surface area contributed by atoms with Gasteiger partial charge in [0.25, 0.3) is 5.91 Å². The Bertz CT molecular complexity index is 979. The van der Waals surface area contributed by atoms with Gasteiger partial charge < -0.3 is 14.6 Å². The topological polar surface area (TPSA) is 75.4 Å². The molecule has 0 aliphatic rings. The number of rotatable bonds is 7. The molecule has 1 heterocycles. The minimum atomic E-state index is -0.316. The Morgan fingerprint density at radius 3 is 2.41 bits per heavy atom. The summed E-state index contributed by atoms with van der Waals surface area (Å²) in [5, 5.41) is 2.84. The fourth-order valence-corrected chi connectivity index (χ4v) is 2.71. The first-order chi connectivity index (χ1) is 13.9. The van der Waals surface area contributed by atoms with Gasteiger partial charge in [-0.1, -0.05) is 12.1 Å². The summed E-state index contributed by atoms with van der Waals surface area (Å²) in [5.74, 6) is 0.481. The maximum atomic E-state index is 13.0. The summed E-state index contributed by atoms with van der Waals surface area (Å²) in [6.45, 7) is 0.377. The highest BCUT2D eigenvalue weighted by Gasteiger charge is 2.10. The van der Waals surface area contributed by atoms with Crippen LogP contribution in [-0.2, 0) is 17.8 Å². The number of benzene rings is 2. The average molecular weight is 395 g/mol. The molecule has 0 bridgehead atoms.